The van der Waals surface area contributed by atoms with Crippen molar-refractivity contribution >= 4 is 29.9 Å². The topological polar surface area (TPSA) is 54.9 Å². The molecule has 0 bridgehead atoms. The summed E-state index contributed by atoms with van der Waals surface area (Å²) >= 11 is 0. The number of benzene rings is 1. The van der Waals surface area contributed by atoms with E-state index in [1.54, 1.807) is 14.2 Å². The van der Waals surface area contributed by atoms with Gasteiger partial charge in [0.25, 0.3) is 0 Å². The molecule has 0 atom stereocenters. The quantitative estimate of drug-likeness (QED) is 0.305. The number of halogens is 1. The van der Waals surface area contributed by atoms with Gasteiger partial charge in [0, 0.05) is 27.2 Å². The average molecular weight is 393 g/mol. The summed E-state index contributed by atoms with van der Waals surface area (Å²) in [6.07, 6.45) is 0. The van der Waals surface area contributed by atoms with E-state index in [0.717, 1.165) is 19.0 Å². The molecule has 0 fully saturated rings. The molecule has 20 heavy (non-hydrogen) atoms. The molecular weight excluding hydrogens is 369 g/mol. The average Bonchev–Trinajstić information content (AvgIpc) is 2.47. The van der Waals surface area contributed by atoms with E-state index in [9.17, 15) is 0 Å². The highest BCUT2D eigenvalue weighted by atomic mass is 127. The number of ether oxygens (including phenoxy) is 2. The third kappa shape index (κ3) is 9.11. The van der Waals surface area contributed by atoms with Gasteiger partial charge in [-0.05, 0) is 5.56 Å². The van der Waals surface area contributed by atoms with Crippen LogP contribution >= 0.6 is 24.0 Å². The first-order valence-electron chi connectivity index (χ1n) is 6.42. The van der Waals surface area contributed by atoms with Gasteiger partial charge in [-0.15, -0.1) is 24.0 Å². The number of guanidine groups is 1. The molecule has 114 valence electrons. The molecule has 0 aliphatic heterocycles. The van der Waals surface area contributed by atoms with Crippen LogP contribution in [-0.2, 0) is 16.0 Å². The molecule has 0 saturated carbocycles. The number of nitrogens with one attached hydrogen (secondary N) is 2. The molecule has 0 amide bonds. The smallest absolute Gasteiger partial charge is 0.191 e. The Bertz CT molecular complexity index is 361. The van der Waals surface area contributed by atoms with E-state index in [1.165, 1.54) is 5.56 Å². The van der Waals surface area contributed by atoms with Crippen LogP contribution in [0.2, 0.25) is 0 Å². The molecule has 1 aromatic carbocycles. The fourth-order valence-corrected chi connectivity index (χ4v) is 1.49. The SMILES string of the molecule is CN=C(NCCOCCOC)NCc1ccccc1.I. The van der Waals surface area contributed by atoms with Crippen LogP contribution in [0.5, 0.6) is 0 Å². The largest absolute Gasteiger partial charge is 0.382 e. The van der Waals surface area contributed by atoms with Crippen molar-refractivity contribution < 1.29 is 9.47 Å². The highest BCUT2D eigenvalue weighted by Crippen LogP contribution is 1.96. The molecular formula is C14H24IN3O2. The maximum atomic E-state index is 5.36. The number of hydrogen-bond donors (Lipinski definition) is 2. The lowest BCUT2D eigenvalue weighted by atomic mass is 10.2. The number of methoxy groups -OCH3 is 1. The fourth-order valence-electron chi connectivity index (χ4n) is 1.49. The van der Waals surface area contributed by atoms with Crippen LogP contribution in [-0.4, -0.2) is 46.5 Å². The van der Waals surface area contributed by atoms with Crippen molar-refractivity contribution in [3.8, 4) is 0 Å². The summed E-state index contributed by atoms with van der Waals surface area (Å²) in [6.45, 7) is 3.35. The van der Waals surface area contributed by atoms with Gasteiger partial charge < -0.3 is 20.1 Å². The molecule has 0 spiro atoms. The molecule has 1 aromatic rings. The second-order valence-corrected chi connectivity index (χ2v) is 3.94. The van der Waals surface area contributed by atoms with Crippen LogP contribution in [0.4, 0.5) is 0 Å². The monoisotopic (exact) mass is 393 g/mol. The van der Waals surface area contributed by atoms with E-state index in [2.05, 4.69) is 27.8 Å². The van der Waals surface area contributed by atoms with Crippen LogP contribution in [0.15, 0.2) is 35.3 Å². The minimum Gasteiger partial charge on any atom is -0.382 e. The van der Waals surface area contributed by atoms with Gasteiger partial charge in [-0.1, -0.05) is 30.3 Å². The van der Waals surface area contributed by atoms with E-state index in [-0.39, 0.29) is 24.0 Å². The normalized spacial score (nSPS) is 10.8. The molecule has 6 heteroatoms. The number of rotatable bonds is 8. The zero-order chi connectivity index (χ0) is 13.8. The van der Waals surface area contributed by atoms with Gasteiger partial charge in [-0.2, -0.15) is 0 Å². The van der Waals surface area contributed by atoms with Crippen molar-refractivity contribution in [2.75, 3.05) is 40.5 Å². The Morgan fingerprint density at radius 3 is 2.50 bits per heavy atom. The summed E-state index contributed by atoms with van der Waals surface area (Å²) in [6, 6.07) is 10.2. The third-order valence-electron chi connectivity index (χ3n) is 2.50. The van der Waals surface area contributed by atoms with E-state index in [4.69, 9.17) is 9.47 Å². The summed E-state index contributed by atoms with van der Waals surface area (Å²) in [5.74, 6) is 0.777. The van der Waals surface area contributed by atoms with Gasteiger partial charge in [-0.3, -0.25) is 4.99 Å². The molecule has 0 unspecified atom stereocenters. The Hall–Kier alpha value is -0.860. The zero-order valence-electron chi connectivity index (χ0n) is 12.1. The second kappa shape index (κ2) is 13.1. The highest BCUT2D eigenvalue weighted by Gasteiger charge is 1.97. The van der Waals surface area contributed by atoms with Crippen LogP contribution in [0.25, 0.3) is 0 Å². The minimum atomic E-state index is 0. The lowest BCUT2D eigenvalue weighted by molar-refractivity contribution is 0.0733. The van der Waals surface area contributed by atoms with E-state index < -0.39 is 0 Å². The van der Waals surface area contributed by atoms with Gasteiger partial charge in [0.05, 0.1) is 19.8 Å². The van der Waals surface area contributed by atoms with Crippen molar-refractivity contribution in [2.24, 2.45) is 4.99 Å². The van der Waals surface area contributed by atoms with Crippen molar-refractivity contribution in [3.63, 3.8) is 0 Å². The number of aliphatic imine (C=N–C) groups is 1. The van der Waals surface area contributed by atoms with Gasteiger partial charge >= 0.3 is 0 Å². The molecule has 0 heterocycles. The molecule has 1 rings (SSSR count). The Balaban J connectivity index is 0.00000361. The maximum absolute atomic E-state index is 5.36. The fraction of sp³-hybridized carbons (Fsp3) is 0.500. The lowest BCUT2D eigenvalue weighted by Crippen LogP contribution is -2.38. The van der Waals surface area contributed by atoms with Crippen molar-refractivity contribution in [1.82, 2.24) is 10.6 Å². The zero-order valence-corrected chi connectivity index (χ0v) is 14.4. The molecule has 0 aliphatic carbocycles. The first-order valence-corrected chi connectivity index (χ1v) is 6.42. The van der Waals surface area contributed by atoms with Crippen molar-refractivity contribution in [1.29, 1.82) is 0 Å². The van der Waals surface area contributed by atoms with Crippen LogP contribution in [0, 0.1) is 0 Å². The third-order valence-corrected chi connectivity index (χ3v) is 2.50. The van der Waals surface area contributed by atoms with Crippen LogP contribution in [0.1, 0.15) is 5.56 Å². The standard InChI is InChI=1S/C14H23N3O2.HI/c1-15-14(16-8-9-19-11-10-18-2)17-12-13-6-4-3-5-7-13;/h3-7H,8-12H2,1-2H3,(H2,15,16,17);1H. The minimum absolute atomic E-state index is 0. The molecule has 0 aromatic heterocycles. The first-order chi connectivity index (χ1) is 9.36. The van der Waals surface area contributed by atoms with Crippen LogP contribution < -0.4 is 10.6 Å². The summed E-state index contributed by atoms with van der Waals surface area (Å²) in [5, 5.41) is 6.44. The summed E-state index contributed by atoms with van der Waals surface area (Å²) in [7, 11) is 3.42. The second-order valence-electron chi connectivity index (χ2n) is 3.94. The lowest BCUT2D eigenvalue weighted by Gasteiger charge is -2.12. The van der Waals surface area contributed by atoms with Gasteiger partial charge in [0.1, 0.15) is 0 Å². The molecule has 0 radical (unpaired) electrons. The van der Waals surface area contributed by atoms with Gasteiger partial charge in [0.15, 0.2) is 5.96 Å². The summed E-state index contributed by atoms with van der Waals surface area (Å²) in [5.41, 5.74) is 1.22. The van der Waals surface area contributed by atoms with Crippen molar-refractivity contribution in [3.05, 3.63) is 35.9 Å². The highest BCUT2D eigenvalue weighted by molar-refractivity contribution is 14.0. The molecule has 2 N–H and O–H groups in total. The predicted octanol–water partition coefficient (Wildman–Crippen LogP) is 1.63. The molecule has 0 aliphatic rings. The Morgan fingerprint density at radius 1 is 1.10 bits per heavy atom. The van der Waals surface area contributed by atoms with E-state index in [1.807, 2.05) is 18.2 Å². The number of nitrogens with zero attached hydrogens (tertiary/aromatic N) is 1. The Kier molecular flexibility index (Phi) is 12.6. The van der Waals surface area contributed by atoms with E-state index >= 15 is 0 Å². The Labute approximate surface area is 138 Å². The van der Waals surface area contributed by atoms with Crippen molar-refractivity contribution in [2.45, 2.75) is 6.54 Å². The van der Waals surface area contributed by atoms with Gasteiger partial charge in [-0.25, -0.2) is 0 Å². The van der Waals surface area contributed by atoms with E-state index in [0.29, 0.717) is 19.8 Å². The predicted molar refractivity (Wildman–Crippen MR) is 92.8 cm³/mol. The van der Waals surface area contributed by atoms with Crippen LogP contribution in [0.3, 0.4) is 0 Å². The summed E-state index contributed by atoms with van der Waals surface area (Å²) in [4.78, 5) is 4.15. The molecule has 5 nitrogen and oxygen atoms in total. The first kappa shape index (κ1) is 19.1. The number of hydrogen-bond acceptors (Lipinski definition) is 3. The molecule has 0 saturated heterocycles. The Morgan fingerprint density at radius 2 is 1.85 bits per heavy atom. The summed E-state index contributed by atoms with van der Waals surface area (Å²) < 4.78 is 10.3. The maximum Gasteiger partial charge on any atom is 0.191 e. The van der Waals surface area contributed by atoms with Gasteiger partial charge in [0.2, 0.25) is 0 Å².